The van der Waals surface area contributed by atoms with Crippen molar-refractivity contribution in [1.82, 2.24) is 0 Å². The van der Waals surface area contributed by atoms with Crippen molar-refractivity contribution >= 4 is 19.7 Å². The van der Waals surface area contributed by atoms with Gasteiger partial charge in [0, 0.05) is 27.2 Å². The first kappa shape index (κ1) is 12.5. The van der Waals surface area contributed by atoms with Crippen molar-refractivity contribution in [2.24, 2.45) is 0 Å². The van der Waals surface area contributed by atoms with Crippen LogP contribution in [0.3, 0.4) is 0 Å². The van der Waals surface area contributed by atoms with E-state index in [0.717, 1.165) is 13.0 Å². The minimum atomic E-state index is -1.06. The molecule has 0 aliphatic carbocycles. The van der Waals surface area contributed by atoms with Gasteiger partial charge in [0.1, 0.15) is 0 Å². The van der Waals surface area contributed by atoms with Crippen LogP contribution in [0, 0.1) is 0 Å². The molecule has 0 fully saturated rings. The molecular formula is C9H21ClOSi. The number of rotatable bonds is 5. The largest absolute Gasteiger partial charge is 0.385 e. The van der Waals surface area contributed by atoms with Gasteiger partial charge in [-0.05, 0) is 12.0 Å². The second-order valence-corrected chi connectivity index (χ2v) is 10.7. The average molecular weight is 209 g/mol. The predicted octanol–water partition coefficient (Wildman–Crippen LogP) is 3.36. The first-order valence-electron chi connectivity index (χ1n) is 4.52. The van der Waals surface area contributed by atoms with E-state index in [1.54, 1.807) is 7.11 Å². The van der Waals surface area contributed by atoms with Crippen LogP contribution in [0.25, 0.3) is 0 Å². The Kier molecular flexibility index (Phi) is 5.46. The van der Waals surface area contributed by atoms with Crippen molar-refractivity contribution < 1.29 is 4.74 Å². The lowest BCUT2D eigenvalue weighted by Gasteiger charge is -2.29. The SMILES string of the molecule is COCCC(Cl)C(C)[Si](C)(C)C. The first-order chi connectivity index (χ1) is 5.39. The molecule has 0 bridgehead atoms. The summed E-state index contributed by atoms with van der Waals surface area (Å²) < 4.78 is 5.01. The highest BCUT2D eigenvalue weighted by atomic mass is 35.5. The minimum Gasteiger partial charge on any atom is -0.385 e. The average Bonchev–Trinajstić information content (AvgIpc) is 1.97. The summed E-state index contributed by atoms with van der Waals surface area (Å²) in [6, 6.07) is 0. The molecule has 0 N–H and O–H groups in total. The Hall–Kier alpha value is 0.467. The van der Waals surface area contributed by atoms with E-state index >= 15 is 0 Å². The van der Waals surface area contributed by atoms with Gasteiger partial charge >= 0.3 is 0 Å². The molecule has 0 aliphatic rings. The third-order valence-electron chi connectivity index (χ3n) is 2.51. The van der Waals surface area contributed by atoms with E-state index in [1.807, 2.05) is 0 Å². The molecule has 0 rings (SSSR count). The fourth-order valence-corrected chi connectivity index (χ4v) is 3.50. The zero-order chi connectivity index (χ0) is 9.78. The van der Waals surface area contributed by atoms with Crippen LogP contribution in [0.2, 0.25) is 25.2 Å². The maximum Gasteiger partial charge on any atom is 0.0486 e. The number of hydrogen-bond acceptors (Lipinski definition) is 1. The standard InChI is InChI=1S/C9H21ClOSi/c1-8(12(3,4)5)9(10)6-7-11-2/h8-9H,6-7H2,1-5H3. The number of alkyl halides is 1. The fourth-order valence-electron chi connectivity index (χ4n) is 1.02. The van der Waals surface area contributed by atoms with Gasteiger partial charge < -0.3 is 4.74 Å². The molecule has 0 aromatic carbocycles. The Bertz CT molecular complexity index is 122. The predicted molar refractivity (Wildman–Crippen MR) is 58.9 cm³/mol. The molecule has 0 aromatic heterocycles. The third-order valence-corrected chi connectivity index (χ3v) is 6.45. The molecule has 12 heavy (non-hydrogen) atoms. The van der Waals surface area contributed by atoms with Crippen LogP contribution in [-0.4, -0.2) is 27.2 Å². The second-order valence-electron chi connectivity index (χ2n) is 4.45. The van der Waals surface area contributed by atoms with Gasteiger partial charge in [0.05, 0.1) is 0 Å². The first-order valence-corrected chi connectivity index (χ1v) is 8.54. The van der Waals surface area contributed by atoms with E-state index < -0.39 is 8.07 Å². The third kappa shape index (κ3) is 4.48. The van der Waals surface area contributed by atoms with Crippen LogP contribution in [0.15, 0.2) is 0 Å². The second kappa shape index (κ2) is 5.25. The zero-order valence-electron chi connectivity index (χ0n) is 8.86. The van der Waals surface area contributed by atoms with Crippen molar-refractivity contribution in [3.05, 3.63) is 0 Å². The molecule has 0 amide bonds. The molecule has 2 unspecified atom stereocenters. The summed E-state index contributed by atoms with van der Waals surface area (Å²) >= 11 is 6.25. The lowest BCUT2D eigenvalue weighted by Crippen LogP contribution is -2.32. The Morgan fingerprint density at radius 3 is 2.17 bits per heavy atom. The zero-order valence-corrected chi connectivity index (χ0v) is 10.6. The van der Waals surface area contributed by atoms with E-state index in [-0.39, 0.29) is 5.38 Å². The molecule has 0 aromatic rings. The molecule has 3 heteroatoms. The quantitative estimate of drug-likeness (QED) is 0.498. The Morgan fingerprint density at radius 2 is 1.83 bits per heavy atom. The van der Waals surface area contributed by atoms with E-state index in [4.69, 9.17) is 16.3 Å². The summed E-state index contributed by atoms with van der Waals surface area (Å²) in [5, 5.41) is 0.289. The Balaban J connectivity index is 3.84. The van der Waals surface area contributed by atoms with Gasteiger partial charge in [0.15, 0.2) is 0 Å². The monoisotopic (exact) mass is 208 g/mol. The molecule has 0 spiro atoms. The Labute approximate surface area is 82.5 Å². The summed E-state index contributed by atoms with van der Waals surface area (Å²) in [7, 11) is 0.664. The molecule has 74 valence electrons. The molecule has 0 saturated carbocycles. The number of methoxy groups -OCH3 is 1. The minimum absolute atomic E-state index is 0.289. The van der Waals surface area contributed by atoms with Crippen molar-refractivity contribution in [3.63, 3.8) is 0 Å². The molecule has 2 atom stereocenters. The molecule has 1 nitrogen and oxygen atoms in total. The van der Waals surface area contributed by atoms with Crippen molar-refractivity contribution in [1.29, 1.82) is 0 Å². The maximum atomic E-state index is 6.25. The summed E-state index contributed by atoms with van der Waals surface area (Å²) in [5.41, 5.74) is 0.661. The molecule has 0 aliphatic heterocycles. The van der Waals surface area contributed by atoms with E-state index in [1.165, 1.54) is 0 Å². The Morgan fingerprint density at radius 1 is 1.33 bits per heavy atom. The van der Waals surface area contributed by atoms with Gasteiger partial charge in [-0.1, -0.05) is 26.6 Å². The number of ether oxygens (including phenoxy) is 1. The van der Waals surface area contributed by atoms with Gasteiger partial charge in [-0.2, -0.15) is 0 Å². The van der Waals surface area contributed by atoms with Gasteiger partial charge in [-0.3, -0.25) is 0 Å². The molecular weight excluding hydrogens is 188 g/mol. The van der Waals surface area contributed by atoms with Crippen molar-refractivity contribution in [2.75, 3.05) is 13.7 Å². The molecule has 0 heterocycles. The fraction of sp³-hybridized carbons (Fsp3) is 1.00. The van der Waals surface area contributed by atoms with Gasteiger partial charge in [0.2, 0.25) is 0 Å². The van der Waals surface area contributed by atoms with E-state index in [2.05, 4.69) is 26.6 Å². The summed E-state index contributed by atoms with van der Waals surface area (Å²) in [6.07, 6.45) is 0.976. The highest BCUT2D eigenvalue weighted by Gasteiger charge is 2.28. The van der Waals surface area contributed by atoms with Gasteiger partial charge in [-0.15, -0.1) is 11.6 Å². The van der Waals surface area contributed by atoms with E-state index in [0.29, 0.717) is 5.54 Å². The number of halogens is 1. The highest BCUT2D eigenvalue weighted by molar-refractivity contribution is 6.78. The van der Waals surface area contributed by atoms with Crippen LogP contribution in [-0.2, 0) is 4.74 Å². The normalized spacial score (nSPS) is 17.5. The summed E-state index contributed by atoms with van der Waals surface area (Å²) in [6.45, 7) is 10.1. The smallest absolute Gasteiger partial charge is 0.0486 e. The number of hydrogen-bond donors (Lipinski definition) is 0. The van der Waals surface area contributed by atoms with E-state index in [9.17, 15) is 0 Å². The van der Waals surface area contributed by atoms with Crippen LogP contribution < -0.4 is 0 Å². The van der Waals surface area contributed by atoms with Crippen LogP contribution in [0.5, 0.6) is 0 Å². The van der Waals surface area contributed by atoms with Crippen molar-refractivity contribution in [2.45, 2.75) is 43.9 Å². The lowest BCUT2D eigenvalue weighted by molar-refractivity contribution is 0.193. The topological polar surface area (TPSA) is 9.23 Å². The highest BCUT2D eigenvalue weighted by Crippen LogP contribution is 2.30. The van der Waals surface area contributed by atoms with Crippen LogP contribution >= 0.6 is 11.6 Å². The maximum absolute atomic E-state index is 6.25. The van der Waals surface area contributed by atoms with Crippen molar-refractivity contribution in [3.8, 4) is 0 Å². The van der Waals surface area contributed by atoms with Crippen LogP contribution in [0.4, 0.5) is 0 Å². The van der Waals surface area contributed by atoms with Gasteiger partial charge in [0.25, 0.3) is 0 Å². The summed E-state index contributed by atoms with van der Waals surface area (Å²) in [4.78, 5) is 0. The summed E-state index contributed by atoms with van der Waals surface area (Å²) in [5.74, 6) is 0. The lowest BCUT2D eigenvalue weighted by atomic mass is 10.2. The van der Waals surface area contributed by atoms with Crippen LogP contribution in [0.1, 0.15) is 13.3 Å². The molecule has 0 saturated heterocycles. The van der Waals surface area contributed by atoms with Gasteiger partial charge in [-0.25, -0.2) is 0 Å². The molecule has 0 radical (unpaired) electrons.